The molecule has 0 spiro atoms. The Morgan fingerprint density at radius 1 is 1.06 bits per heavy atom. The van der Waals surface area contributed by atoms with Gasteiger partial charge in [0.2, 0.25) is 0 Å². The van der Waals surface area contributed by atoms with Crippen molar-refractivity contribution in [3.63, 3.8) is 0 Å². The molecule has 0 saturated carbocycles. The molecule has 5 nitrogen and oxygen atoms in total. The van der Waals surface area contributed by atoms with Gasteiger partial charge in [0.05, 0.1) is 28.8 Å². The Morgan fingerprint density at radius 3 is 2.39 bits per heavy atom. The first-order valence-corrected chi connectivity index (χ1v) is 12.8. The highest BCUT2D eigenvalue weighted by Crippen LogP contribution is 2.34. The molecule has 0 amide bonds. The number of aryl methyl sites for hydroxylation is 2. The topological polar surface area (TPSA) is 64.8 Å². The van der Waals surface area contributed by atoms with Crippen LogP contribution in [0.3, 0.4) is 0 Å². The second-order valence-electron chi connectivity index (χ2n) is 11.4. The zero-order valence-electron chi connectivity index (χ0n) is 22.4. The maximum absolute atomic E-state index is 13.1. The number of hydrogen-bond donors (Lipinski definition) is 0. The Morgan fingerprint density at radius 2 is 1.78 bits per heavy atom. The SMILES string of the molecule is Cc1ccc(-n2ncc(C(=O)Cc3cnc(C4=CCC(C(=O)CC(C)(C)C)CC4)c(C)c3)c2C)cc1. The van der Waals surface area contributed by atoms with E-state index in [1.807, 2.05) is 49.0 Å². The summed E-state index contributed by atoms with van der Waals surface area (Å²) >= 11 is 0. The summed E-state index contributed by atoms with van der Waals surface area (Å²) in [6.07, 6.45) is 9.12. The summed E-state index contributed by atoms with van der Waals surface area (Å²) in [6.45, 7) is 12.4. The molecule has 0 saturated heterocycles. The van der Waals surface area contributed by atoms with Crippen molar-refractivity contribution in [2.75, 3.05) is 0 Å². The van der Waals surface area contributed by atoms with Gasteiger partial charge in [0.1, 0.15) is 5.78 Å². The van der Waals surface area contributed by atoms with Gasteiger partial charge in [0.25, 0.3) is 0 Å². The van der Waals surface area contributed by atoms with Crippen LogP contribution in [-0.2, 0) is 11.2 Å². The van der Waals surface area contributed by atoms with E-state index >= 15 is 0 Å². The van der Waals surface area contributed by atoms with Gasteiger partial charge in [0.15, 0.2) is 5.78 Å². The van der Waals surface area contributed by atoms with Gasteiger partial charge < -0.3 is 0 Å². The lowest BCUT2D eigenvalue weighted by molar-refractivity contribution is -0.124. The van der Waals surface area contributed by atoms with Crippen molar-refractivity contribution in [3.05, 3.63) is 82.4 Å². The number of aromatic nitrogens is 3. The molecule has 5 heteroatoms. The third-order valence-corrected chi connectivity index (χ3v) is 6.96. The smallest absolute Gasteiger partial charge is 0.170 e. The fourth-order valence-corrected chi connectivity index (χ4v) is 4.98. The lowest BCUT2D eigenvalue weighted by atomic mass is 9.79. The molecule has 1 aromatic carbocycles. The fraction of sp³-hybridized carbons (Fsp3) is 0.419. The largest absolute Gasteiger partial charge is 0.299 e. The molecular formula is C31H37N3O2. The molecule has 0 fully saturated rings. The average molecular weight is 484 g/mol. The quantitative estimate of drug-likeness (QED) is 0.346. The van der Waals surface area contributed by atoms with Gasteiger partial charge in [-0.15, -0.1) is 0 Å². The van der Waals surface area contributed by atoms with Crippen LogP contribution < -0.4 is 0 Å². The number of carbonyl (C=O) groups is 2. The molecular weight excluding hydrogens is 446 g/mol. The van der Waals surface area contributed by atoms with Crippen molar-refractivity contribution in [2.24, 2.45) is 11.3 Å². The van der Waals surface area contributed by atoms with Crippen LogP contribution in [0.4, 0.5) is 0 Å². The van der Waals surface area contributed by atoms with Gasteiger partial charge in [-0.05, 0) is 74.3 Å². The summed E-state index contributed by atoms with van der Waals surface area (Å²) in [5, 5.41) is 4.46. The van der Waals surface area contributed by atoms with Gasteiger partial charge >= 0.3 is 0 Å². The van der Waals surface area contributed by atoms with Gasteiger partial charge in [-0.2, -0.15) is 5.10 Å². The molecule has 188 valence electrons. The number of carbonyl (C=O) groups excluding carboxylic acids is 2. The molecule has 36 heavy (non-hydrogen) atoms. The van der Waals surface area contributed by atoms with Crippen molar-refractivity contribution in [3.8, 4) is 5.69 Å². The van der Waals surface area contributed by atoms with Crippen LogP contribution in [0.1, 0.15) is 84.9 Å². The van der Waals surface area contributed by atoms with E-state index in [0.717, 1.165) is 47.5 Å². The molecule has 4 rings (SSSR count). The molecule has 2 heterocycles. The highest BCUT2D eigenvalue weighted by atomic mass is 16.1. The monoisotopic (exact) mass is 483 g/mol. The fourth-order valence-electron chi connectivity index (χ4n) is 4.98. The maximum atomic E-state index is 13.1. The lowest BCUT2D eigenvalue weighted by Crippen LogP contribution is -2.22. The molecule has 0 bridgehead atoms. The number of pyridine rings is 1. The summed E-state index contributed by atoms with van der Waals surface area (Å²) in [5.41, 5.74) is 7.80. The lowest BCUT2D eigenvalue weighted by Gasteiger charge is -2.25. The van der Waals surface area contributed by atoms with E-state index in [4.69, 9.17) is 4.98 Å². The summed E-state index contributed by atoms with van der Waals surface area (Å²) < 4.78 is 1.81. The van der Waals surface area contributed by atoms with E-state index in [-0.39, 0.29) is 23.5 Å². The van der Waals surface area contributed by atoms with Crippen LogP contribution in [0, 0.1) is 32.1 Å². The first kappa shape index (κ1) is 25.7. The van der Waals surface area contributed by atoms with Crippen LogP contribution in [0.5, 0.6) is 0 Å². The van der Waals surface area contributed by atoms with E-state index in [0.29, 0.717) is 17.8 Å². The van der Waals surface area contributed by atoms with Crippen LogP contribution in [-0.4, -0.2) is 26.3 Å². The van der Waals surface area contributed by atoms with Crippen molar-refractivity contribution in [2.45, 2.75) is 73.6 Å². The average Bonchev–Trinajstić information content (AvgIpc) is 3.20. The van der Waals surface area contributed by atoms with Crippen LogP contribution in [0.2, 0.25) is 0 Å². The van der Waals surface area contributed by atoms with Crippen LogP contribution >= 0.6 is 0 Å². The summed E-state index contributed by atoms with van der Waals surface area (Å²) in [5.74, 6) is 0.531. The number of nitrogens with zero attached hydrogens (tertiary/aromatic N) is 3. The first-order valence-electron chi connectivity index (χ1n) is 12.8. The number of hydrogen-bond acceptors (Lipinski definition) is 4. The number of benzene rings is 1. The standard InChI is InChI=1S/C31H37N3O2/c1-20-7-13-26(14-8-20)34-22(3)27(19-33-34)28(35)16-23-15-21(2)30(32-18-23)25-11-9-24(10-12-25)29(36)17-31(4,5)6/h7-8,11,13-15,18-19,24H,9-10,12,16-17H2,1-6H3. The van der Waals surface area contributed by atoms with E-state index in [1.54, 1.807) is 6.20 Å². The zero-order valence-corrected chi connectivity index (χ0v) is 22.4. The van der Waals surface area contributed by atoms with Gasteiger partial charge in [-0.25, -0.2) is 4.68 Å². The zero-order chi connectivity index (χ0) is 26.0. The Hall–Kier alpha value is -3.34. The number of Topliss-reactive ketones (excluding diaryl/α,β-unsaturated/α-hetero) is 2. The van der Waals surface area contributed by atoms with Gasteiger partial charge in [-0.1, -0.05) is 50.6 Å². The van der Waals surface area contributed by atoms with Crippen molar-refractivity contribution in [1.82, 2.24) is 14.8 Å². The van der Waals surface area contributed by atoms with Gasteiger partial charge in [0, 0.05) is 25.0 Å². The molecule has 1 aliphatic rings. The summed E-state index contributed by atoms with van der Waals surface area (Å²) in [7, 11) is 0. The molecule has 0 N–H and O–H groups in total. The second kappa shape index (κ2) is 10.3. The Kier molecular flexibility index (Phi) is 7.39. The minimum atomic E-state index is 0.0321. The molecule has 3 aromatic rings. The van der Waals surface area contributed by atoms with E-state index in [2.05, 4.69) is 44.9 Å². The highest BCUT2D eigenvalue weighted by Gasteiger charge is 2.26. The molecule has 1 unspecified atom stereocenters. The van der Waals surface area contributed by atoms with E-state index < -0.39 is 0 Å². The van der Waals surface area contributed by atoms with E-state index in [9.17, 15) is 9.59 Å². The molecule has 0 aliphatic heterocycles. The van der Waals surface area contributed by atoms with Gasteiger partial charge in [-0.3, -0.25) is 14.6 Å². The first-order chi connectivity index (χ1) is 17.0. The second-order valence-corrected chi connectivity index (χ2v) is 11.4. The number of ketones is 2. The third-order valence-electron chi connectivity index (χ3n) is 6.96. The summed E-state index contributed by atoms with van der Waals surface area (Å²) in [6, 6.07) is 10.2. The predicted molar refractivity (Wildman–Crippen MR) is 144 cm³/mol. The summed E-state index contributed by atoms with van der Waals surface area (Å²) in [4.78, 5) is 30.5. The number of allylic oxidation sites excluding steroid dienone is 2. The predicted octanol–water partition coefficient (Wildman–Crippen LogP) is 6.81. The van der Waals surface area contributed by atoms with Crippen LogP contribution in [0.25, 0.3) is 11.3 Å². The highest BCUT2D eigenvalue weighted by molar-refractivity contribution is 5.98. The molecule has 1 aliphatic carbocycles. The Bertz CT molecular complexity index is 1310. The number of rotatable bonds is 7. The third kappa shape index (κ3) is 5.89. The maximum Gasteiger partial charge on any atom is 0.170 e. The Balaban J connectivity index is 1.44. The molecule has 0 radical (unpaired) electrons. The minimum Gasteiger partial charge on any atom is -0.299 e. The van der Waals surface area contributed by atoms with E-state index in [1.165, 1.54) is 11.1 Å². The minimum absolute atomic E-state index is 0.0321. The molecule has 1 atom stereocenters. The normalized spacial score (nSPS) is 16.1. The molecule has 2 aromatic heterocycles. The van der Waals surface area contributed by atoms with Crippen molar-refractivity contribution < 1.29 is 9.59 Å². The van der Waals surface area contributed by atoms with Crippen molar-refractivity contribution >= 4 is 17.1 Å². The Labute approximate surface area is 214 Å². The van der Waals surface area contributed by atoms with Crippen molar-refractivity contribution in [1.29, 1.82) is 0 Å². The van der Waals surface area contributed by atoms with Crippen LogP contribution in [0.15, 0.2) is 48.8 Å².